The highest BCUT2D eigenvalue weighted by Crippen LogP contribution is 2.40. The Kier molecular flexibility index (Phi) is 6.93. The summed E-state index contributed by atoms with van der Waals surface area (Å²) in [5.41, 5.74) is 0.722. The monoisotopic (exact) mass is 519 g/mol. The molecule has 1 atom stereocenters. The molecule has 0 radical (unpaired) electrons. The van der Waals surface area contributed by atoms with Crippen molar-refractivity contribution in [3.8, 4) is 5.75 Å². The van der Waals surface area contributed by atoms with Crippen LogP contribution in [0.4, 0.5) is 17.3 Å². The molecule has 196 valence electrons. The van der Waals surface area contributed by atoms with Gasteiger partial charge in [0.2, 0.25) is 10.0 Å². The standard InChI is InChI=1S/C24H33N5O6S/c1-15(2)16-13-18(34-14-16)21(24(3,4)5)26-22-23(29(31)35-27-22)25-17-9-8-10-19(20(17)30)36(32,33)28-11-6-7-12-28/h8-10,13-15,21,25,30H,6-7,11-12H2,1-5H3,(H,26,27)/t21-/m0/s1. The van der Waals surface area contributed by atoms with Crippen molar-refractivity contribution in [2.24, 2.45) is 5.41 Å². The normalized spacial score (nSPS) is 15.9. The average molecular weight is 520 g/mol. The predicted octanol–water partition coefficient (Wildman–Crippen LogP) is 4.46. The number of para-hydroxylation sites is 1. The number of nitrogens with zero attached hydrogens (tertiary/aromatic N) is 3. The number of phenols is 1. The van der Waals surface area contributed by atoms with Crippen molar-refractivity contribution in [3.63, 3.8) is 0 Å². The number of furan rings is 1. The number of hydrogen-bond donors (Lipinski definition) is 3. The Balaban J connectivity index is 1.65. The van der Waals surface area contributed by atoms with Crippen LogP contribution in [0, 0.1) is 10.6 Å². The van der Waals surface area contributed by atoms with Crippen molar-refractivity contribution >= 4 is 27.3 Å². The van der Waals surface area contributed by atoms with Crippen LogP contribution in [0.15, 0.2) is 44.5 Å². The number of phenolic OH excluding ortho intramolecular Hbond substituents is 1. The van der Waals surface area contributed by atoms with E-state index in [0.29, 0.717) is 18.8 Å². The molecule has 0 saturated carbocycles. The van der Waals surface area contributed by atoms with Crippen molar-refractivity contribution in [2.45, 2.75) is 64.3 Å². The second-order valence-electron chi connectivity index (χ2n) is 10.4. The van der Waals surface area contributed by atoms with E-state index in [1.165, 1.54) is 22.5 Å². The zero-order valence-corrected chi connectivity index (χ0v) is 21.9. The highest BCUT2D eigenvalue weighted by molar-refractivity contribution is 7.89. The lowest BCUT2D eigenvalue weighted by molar-refractivity contribution is -0.790. The Morgan fingerprint density at radius 3 is 2.53 bits per heavy atom. The molecule has 1 aromatic carbocycles. The van der Waals surface area contributed by atoms with Crippen LogP contribution in [0.5, 0.6) is 5.75 Å². The minimum atomic E-state index is -3.88. The van der Waals surface area contributed by atoms with Crippen LogP contribution < -0.4 is 15.5 Å². The summed E-state index contributed by atoms with van der Waals surface area (Å²) in [7, 11) is -3.88. The lowest BCUT2D eigenvalue weighted by Crippen LogP contribution is -2.29. The highest BCUT2D eigenvalue weighted by atomic mass is 32.2. The van der Waals surface area contributed by atoms with E-state index < -0.39 is 15.8 Å². The average Bonchev–Trinajstić information content (AvgIpc) is 3.55. The van der Waals surface area contributed by atoms with Gasteiger partial charge in [0.1, 0.15) is 16.3 Å². The van der Waals surface area contributed by atoms with Crippen LogP contribution >= 0.6 is 0 Å². The zero-order valence-electron chi connectivity index (χ0n) is 21.1. The largest absolute Gasteiger partial charge is 0.503 e. The van der Waals surface area contributed by atoms with Gasteiger partial charge in [0.15, 0.2) is 5.75 Å². The van der Waals surface area contributed by atoms with Gasteiger partial charge >= 0.3 is 5.82 Å². The van der Waals surface area contributed by atoms with E-state index in [9.17, 15) is 18.7 Å². The van der Waals surface area contributed by atoms with Gasteiger partial charge in [-0.1, -0.05) is 45.6 Å². The number of aromatic hydroxyl groups is 1. The topological polar surface area (TPSA) is 148 Å². The molecule has 2 aromatic heterocycles. The first-order valence-corrected chi connectivity index (χ1v) is 13.4. The van der Waals surface area contributed by atoms with Crippen LogP contribution in [-0.2, 0) is 10.0 Å². The summed E-state index contributed by atoms with van der Waals surface area (Å²) >= 11 is 0. The number of rotatable bonds is 8. The maximum atomic E-state index is 13.0. The molecule has 36 heavy (non-hydrogen) atoms. The molecule has 1 fully saturated rings. The second kappa shape index (κ2) is 9.66. The van der Waals surface area contributed by atoms with Gasteiger partial charge in [-0.25, -0.2) is 8.42 Å². The molecular formula is C24H33N5O6S. The summed E-state index contributed by atoms with van der Waals surface area (Å²) in [6, 6.07) is 5.88. The van der Waals surface area contributed by atoms with Gasteiger partial charge in [-0.15, -0.1) is 0 Å². The van der Waals surface area contributed by atoms with Gasteiger partial charge in [-0.3, -0.25) is 5.32 Å². The van der Waals surface area contributed by atoms with Crippen molar-refractivity contribution in [1.29, 1.82) is 0 Å². The highest BCUT2D eigenvalue weighted by Gasteiger charge is 2.34. The Labute approximate surface area is 210 Å². The van der Waals surface area contributed by atoms with Gasteiger partial charge in [0, 0.05) is 13.1 Å². The molecule has 4 rings (SSSR count). The molecular weight excluding hydrogens is 486 g/mol. The van der Waals surface area contributed by atoms with Crippen molar-refractivity contribution < 1.29 is 27.5 Å². The van der Waals surface area contributed by atoms with E-state index in [2.05, 4.69) is 29.6 Å². The SMILES string of the molecule is CC(C)c1coc([C@H](Nc2no[n+]([O-])c2Nc2cccc(S(=O)(=O)N3CCCC3)c2O)C(C)(C)C)c1. The molecule has 11 nitrogen and oxygen atoms in total. The lowest BCUT2D eigenvalue weighted by atomic mass is 9.85. The fraction of sp³-hybridized carbons (Fsp3) is 0.500. The molecule has 1 aliphatic rings. The van der Waals surface area contributed by atoms with E-state index in [0.717, 1.165) is 18.4 Å². The van der Waals surface area contributed by atoms with E-state index in [1.807, 2.05) is 26.8 Å². The Morgan fingerprint density at radius 2 is 1.92 bits per heavy atom. The minimum Gasteiger partial charge on any atom is -0.503 e. The smallest absolute Gasteiger partial charge is 0.324 e. The molecule has 3 aromatic rings. The summed E-state index contributed by atoms with van der Waals surface area (Å²) in [5.74, 6) is 0.407. The van der Waals surface area contributed by atoms with Crippen molar-refractivity contribution in [2.75, 3.05) is 23.7 Å². The van der Waals surface area contributed by atoms with Crippen LogP contribution in [-0.4, -0.2) is 36.1 Å². The summed E-state index contributed by atoms with van der Waals surface area (Å²) in [5, 5.41) is 33.2. The molecule has 0 bridgehead atoms. The molecule has 3 heterocycles. The summed E-state index contributed by atoms with van der Waals surface area (Å²) in [6.07, 6.45) is 3.25. The van der Waals surface area contributed by atoms with E-state index >= 15 is 0 Å². The van der Waals surface area contributed by atoms with Gasteiger partial charge in [-0.05, 0) is 53.1 Å². The number of hydrogen-bond acceptors (Lipinski definition) is 9. The molecule has 12 heteroatoms. The Morgan fingerprint density at radius 1 is 1.22 bits per heavy atom. The number of anilines is 3. The van der Waals surface area contributed by atoms with Gasteiger partial charge in [0.05, 0.1) is 12.3 Å². The third-order valence-electron chi connectivity index (χ3n) is 6.29. The molecule has 3 N–H and O–H groups in total. The van der Waals surface area contributed by atoms with E-state index in [1.54, 1.807) is 6.26 Å². The first-order chi connectivity index (χ1) is 16.9. The Bertz CT molecular complexity index is 1320. The van der Waals surface area contributed by atoms with Gasteiger partial charge in [-0.2, -0.15) is 4.31 Å². The lowest BCUT2D eigenvalue weighted by Gasteiger charge is -2.29. The molecule has 1 aliphatic heterocycles. The first-order valence-electron chi connectivity index (χ1n) is 11.9. The fourth-order valence-corrected chi connectivity index (χ4v) is 5.77. The van der Waals surface area contributed by atoms with Gasteiger partial charge in [0.25, 0.3) is 5.82 Å². The van der Waals surface area contributed by atoms with E-state index in [-0.39, 0.29) is 44.5 Å². The maximum absolute atomic E-state index is 13.0. The quantitative estimate of drug-likeness (QED) is 0.290. The molecule has 0 amide bonds. The number of benzene rings is 1. The van der Waals surface area contributed by atoms with Crippen LogP contribution in [0.25, 0.3) is 0 Å². The van der Waals surface area contributed by atoms with Crippen molar-refractivity contribution in [1.82, 2.24) is 9.46 Å². The first kappa shape index (κ1) is 25.8. The molecule has 1 saturated heterocycles. The van der Waals surface area contributed by atoms with Crippen molar-refractivity contribution in [3.05, 3.63) is 47.1 Å². The van der Waals surface area contributed by atoms with Crippen LogP contribution in [0.2, 0.25) is 0 Å². The van der Waals surface area contributed by atoms with E-state index in [4.69, 9.17) is 9.05 Å². The predicted molar refractivity (Wildman–Crippen MR) is 133 cm³/mol. The minimum absolute atomic E-state index is 0.0264. The summed E-state index contributed by atoms with van der Waals surface area (Å²) in [6.45, 7) is 11.0. The van der Waals surface area contributed by atoms with Gasteiger partial charge < -0.3 is 24.7 Å². The fourth-order valence-electron chi connectivity index (χ4n) is 4.15. The Hall–Kier alpha value is -3.25. The molecule has 0 unspecified atom stereocenters. The number of nitrogens with one attached hydrogen (secondary N) is 2. The van der Waals surface area contributed by atoms with Crippen LogP contribution in [0.1, 0.15) is 70.7 Å². The molecule has 0 aliphatic carbocycles. The molecule has 0 spiro atoms. The number of aromatic nitrogens is 2. The van der Waals surface area contributed by atoms with Crippen LogP contribution in [0.3, 0.4) is 0 Å². The maximum Gasteiger partial charge on any atom is 0.324 e. The third kappa shape index (κ3) is 5.00. The summed E-state index contributed by atoms with van der Waals surface area (Å²) < 4.78 is 38.1. The zero-order chi connectivity index (χ0) is 26.3. The summed E-state index contributed by atoms with van der Waals surface area (Å²) in [4.78, 5) is -0.0765. The second-order valence-corrected chi connectivity index (χ2v) is 12.3. The third-order valence-corrected chi connectivity index (χ3v) is 8.22. The number of sulfonamides is 1.